The molecule has 1 radical (unpaired) electrons. The van der Waals surface area contributed by atoms with E-state index < -0.39 is 11.8 Å². The normalized spacial score (nSPS) is 13.8. The third-order valence-electron chi connectivity index (χ3n) is 7.12. The van der Waals surface area contributed by atoms with Crippen molar-refractivity contribution >= 4 is 17.7 Å². The minimum absolute atomic E-state index is 0. The van der Waals surface area contributed by atoms with Gasteiger partial charge in [-0.05, 0) is 26.7 Å². The van der Waals surface area contributed by atoms with Crippen LogP contribution in [0, 0.1) is 13.8 Å². The van der Waals surface area contributed by atoms with Crippen molar-refractivity contribution in [2.75, 3.05) is 20.0 Å². The predicted octanol–water partition coefficient (Wildman–Crippen LogP) is 2.01. The number of carbonyl (C=O) groups is 3. The number of rotatable bonds is 8. The van der Waals surface area contributed by atoms with Crippen molar-refractivity contribution in [3.05, 3.63) is 34.2 Å². The van der Waals surface area contributed by atoms with Crippen LogP contribution in [0.4, 0.5) is 0 Å². The molecule has 15 nitrogen and oxygen atoms in total. The molecular weight excluding hydrogens is 579 g/mol. The molecule has 4 rings (SSSR count). The Morgan fingerprint density at radius 3 is 1.43 bits per heavy atom. The third kappa shape index (κ3) is 6.89. The van der Waals surface area contributed by atoms with Gasteiger partial charge in [0.1, 0.15) is 17.1 Å². The molecule has 1 fully saturated rings. The van der Waals surface area contributed by atoms with Crippen molar-refractivity contribution in [1.82, 2.24) is 59.7 Å². The van der Waals surface area contributed by atoms with E-state index in [4.69, 9.17) is 0 Å². The van der Waals surface area contributed by atoms with Gasteiger partial charge in [0.25, 0.3) is 17.7 Å². The zero-order valence-corrected chi connectivity index (χ0v) is 27.5. The average molecular weight is 622 g/mol. The fourth-order valence-electron chi connectivity index (χ4n) is 4.97. The molecule has 4 heterocycles. The quantitative estimate of drug-likeness (QED) is 0.368. The number of hydrogen-bond acceptors (Lipinski definition) is 9. The molecule has 1 aliphatic rings. The summed E-state index contributed by atoms with van der Waals surface area (Å²) in [4.78, 5) is 45.7. The maximum atomic E-state index is 14.1. The summed E-state index contributed by atoms with van der Waals surface area (Å²) in [6.45, 7) is 11.5. The van der Waals surface area contributed by atoms with Gasteiger partial charge in [0, 0.05) is 45.6 Å². The Morgan fingerprint density at radius 2 is 1.07 bits per heavy atom. The summed E-state index contributed by atoms with van der Waals surface area (Å²) in [7, 11) is 4.94. The fraction of sp³-hybridized carbons (Fsp3) is 0.654. The molecule has 0 aliphatic carbocycles. The average Bonchev–Trinajstić information content (AvgIpc) is 3.64. The maximum absolute atomic E-state index is 14.1. The molecule has 0 bridgehead atoms. The smallest absolute Gasteiger partial charge is 0.276 e. The van der Waals surface area contributed by atoms with Crippen LogP contribution in [0.25, 0.3) is 0 Å². The molecule has 229 valence electrons. The van der Waals surface area contributed by atoms with Gasteiger partial charge in [-0.15, -0.1) is 15.3 Å². The van der Waals surface area contributed by atoms with E-state index in [2.05, 4.69) is 44.8 Å². The third-order valence-corrected chi connectivity index (χ3v) is 7.12. The second kappa shape index (κ2) is 15.1. The van der Waals surface area contributed by atoms with E-state index in [1.165, 1.54) is 28.7 Å². The Kier molecular flexibility index (Phi) is 12.4. The van der Waals surface area contributed by atoms with Crippen LogP contribution in [-0.4, -0.2) is 97.4 Å². The second-order valence-corrected chi connectivity index (χ2v) is 9.95. The van der Waals surface area contributed by atoms with E-state index in [0.717, 1.165) is 25.7 Å². The summed E-state index contributed by atoms with van der Waals surface area (Å²) >= 11 is 0. The number of unbranched alkanes of at least 4 members (excludes halogenated alkanes) is 1. The number of nitrogens with zero attached hydrogens (tertiary/aromatic N) is 12. The van der Waals surface area contributed by atoms with Gasteiger partial charge < -0.3 is 14.7 Å². The van der Waals surface area contributed by atoms with E-state index >= 15 is 0 Å². The van der Waals surface area contributed by atoms with Gasteiger partial charge in [-0.3, -0.25) is 14.4 Å². The molecule has 3 amide bonds. The SMILES string of the molecule is CC.CCCCC(CC)c1nnn(C)c1C(=O)N1CN(C(=O)c2c(C)nnn2C)CN(C(=O)c2c(C)nnn2C)C1.[V]. The van der Waals surface area contributed by atoms with Crippen LogP contribution in [0.3, 0.4) is 0 Å². The Bertz CT molecular complexity index is 1280. The summed E-state index contributed by atoms with van der Waals surface area (Å²) < 4.78 is 4.26. The number of amides is 3. The Labute approximate surface area is 258 Å². The largest absolute Gasteiger partial charge is 0.301 e. The van der Waals surface area contributed by atoms with Crippen LogP contribution < -0.4 is 0 Å². The van der Waals surface area contributed by atoms with E-state index in [-0.39, 0.29) is 61.8 Å². The Morgan fingerprint density at radius 1 is 0.690 bits per heavy atom. The van der Waals surface area contributed by atoms with Crippen molar-refractivity contribution < 1.29 is 32.9 Å². The number of hydrogen-bond donors (Lipinski definition) is 0. The standard InChI is InChI=1S/C24H36N12O3.C2H6.V/c1-8-10-11-17(9-2)18-21(33(7)30-27-18)24(39)36-13-34(22(37)19-15(3)25-28-31(19)5)12-35(14-36)23(38)20-16(4)26-29-32(20)6;1-2;/h17H,8-14H2,1-7H3;1-2H3;. The topological polar surface area (TPSA) is 153 Å². The van der Waals surface area contributed by atoms with Crippen molar-refractivity contribution in [3.8, 4) is 0 Å². The second-order valence-electron chi connectivity index (χ2n) is 9.95. The minimum Gasteiger partial charge on any atom is -0.301 e. The predicted molar refractivity (Wildman–Crippen MR) is 149 cm³/mol. The van der Waals surface area contributed by atoms with Gasteiger partial charge in [-0.25, -0.2) is 14.0 Å². The molecule has 1 unspecified atom stereocenters. The zero-order valence-electron chi connectivity index (χ0n) is 26.1. The van der Waals surface area contributed by atoms with Gasteiger partial charge >= 0.3 is 0 Å². The maximum Gasteiger partial charge on any atom is 0.276 e. The number of carbonyl (C=O) groups excluding carboxylic acids is 3. The van der Waals surface area contributed by atoms with Crippen molar-refractivity contribution in [2.24, 2.45) is 21.1 Å². The van der Waals surface area contributed by atoms with Gasteiger partial charge in [-0.2, -0.15) is 0 Å². The minimum atomic E-state index is -0.395. The van der Waals surface area contributed by atoms with Gasteiger partial charge in [-0.1, -0.05) is 56.2 Å². The molecule has 1 aliphatic heterocycles. The molecule has 3 aromatic heterocycles. The Hall–Kier alpha value is -3.59. The monoisotopic (exact) mass is 621 g/mol. The van der Waals surface area contributed by atoms with Crippen LogP contribution in [0.1, 0.15) is 108 Å². The Balaban J connectivity index is 0.00000201. The van der Waals surface area contributed by atoms with Gasteiger partial charge in [0.15, 0.2) is 0 Å². The van der Waals surface area contributed by atoms with Crippen molar-refractivity contribution in [3.63, 3.8) is 0 Å². The summed E-state index contributed by atoms with van der Waals surface area (Å²) in [5.74, 6) is -1.08. The van der Waals surface area contributed by atoms with Crippen LogP contribution in [0.5, 0.6) is 0 Å². The molecule has 0 aromatic carbocycles. The molecule has 0 spiro atoms. The number of aryl methyl sites for hydroxylation is 5. The summed E-state index contributed by atoms with van der Waals surface area (Å²) in [6.07, 6.45) is 3.74. The van der Waals surface area contributed by atoms with E-state index in [9.17, 15) is 14.4 Å². The zero-order chi connectivity index (χ0) is 30.4. The van der Waals surface area contributed by atoms with Crippen molar-refractivity contribution in [1.29, 1.82) is 0 Å². The summed E-state index contributed by atoms with van der Waals surface area (Å²) in [6, 6.07) is 0. The molecule has 42 heavy (non-hydrogen) atoms. The molecule has 16 heteroatoms. The van der Waals surface area contributed by atoms with Crippen LogP contribution in [-0.2, 0) is 39.7 Å². The van der Waals surface area contributed by atoms with Crippen LogP contribution >= 0.6 is 0 Å². The van der Waals surface area contributed by atoms with Crippen molar-refractivity contribution in [2.45, 2.75) is 73.1 Å². The molecular formula is C26H42N12O3V. The van der Waals surface area contributed by atoms with E-state index in [0.29, 0.717) is 22.8 Å². The fourth-order valence-corrected chi connectivity index (χ4v) is 4.97. The first-order valence-corrected chi connectivity index (χ1v) is 14.1. The first kappa shape index (κ1) is 34.6. The van der Waals surface area contributed by atoms with Gasteiger partial charge in [0.2, 0.25) is 0 Å². The molecule has 1 atom stereocenters. The molecule has 0 saturated carbocycles. The number of aromatic nitrogens is 9. The van der Waals surface area contributed by atoms with Crippen LogP contribution in [0.15, 0.2) is 0 Å². The molecule has 0 N–H and O–H groups in total. The van der Waals surface area contributed by atoms with Gasteiger partial charge in [0.05, 0.1) is 37.1 Å². The summed E-state index contributed by atoms with van der Waals surface area (Å²) in [5.41, 5.74) is 2.47. The van der Waals surface area contributed by atoms with Crippen LogP contribution in [0.2, 0.25) is 0 Å². The summed E-state index contributed by atoms with van der Waals surface area (Å²) in [5, 5.41) is 24.4. The van der Waals surface area contributed by atoms with E-state index in [1.807, 2.05) is 13.8 Å². The molecule has 1 saturated heterocycles. The molecule has 3 aromatic rings. The van der Waals surface area contributed by atoms with E-state index in [1.54, 1.807) is 35.0 Å². The first-order valence-electron chi connectivity index (χ1n) is 14.1. The first-order chi connectivity index (χ1) is 19.6.